The number of fused-ring (bicyclic) bond motifs is 1. The van der Waals surface area contributed by atoms with Crippen LogP contribution in [0.3, 0.4) is 0 Å². The zero-order valence-corrected chi connectivity index (χ0v) is 27.9. The maximum Gasteiger partial charge on any atom is 0.490 e. The second-order valence-corrected chi connectivity index (χ2v) is 13.2. The van der Waals surface area contributed by atoms with E-state index in [4.69, 9.17) is 26.2 Å². The summed E-state index contributed by atoms with van der Waals surface area (Å²) < 4.78 is 38.0. The number of amides is 2. The number of nitrogens with zero attached hydrogens (tertiary/aromatic N) is 3. The van der Waals surface area contributed by atoms with E-state index in [2.05, 4.69) is 25.9 Å². The third kappa shape index (κ3) is 9.99. The first kappa shape index (κ1) is 36.2. The number of alkyl halides is 3. The Bertz CT molecular complexity index is 1520. The SMILES string of the molecule is O=C(NC1CCCCC1)C1=Cc2c(ncnc2Nc2ccc(OC3CCN(C(=O)C4CCCC4)CC3)c(Cl)c2)NCC1.O=C(O)C(F)(F)F. The Morgan fingerprint density at radius 3 is 2.31 bits per heavy atom. The Hall–Kier alpha value is -4.07. The number of hydrogen-bond acceptors (Lipinski definition) is 8. The van der Waals surface area contributed by atoms with Gasteiger partial charge >= 0.3 is 12.1 Å². The highest BCUT2D eigenvalue weighted by Crippen LogP contribution is 2.34. The summed E-state index contributed by atoms with van der Waals surface area (Å²) in [5.41, 5.74) is 2.23. The molecule has 2 aliphatic carbocycles. The van der Waals surface area contributed by atoms with Crippen LogP contribution in [-0.2, 0) is 14.4 Å². The molecule has 0 unspecified atom stereocenters. The summed E-state index contributed by atoms with van der Waals surface area (Å²) in [6.45, 7) is 2.09. The molecule has 6 rings (SSSR count). The first-order valence-electron chi connectivity index (χ1n) is 16.9. The molecule has 49 heavy (non-hydrogen) atoms. The second kappa shape index (κ2) is 16.6. The van der Waals surface area contributed by atoms with Gasteiger partial charge in [0.2, 0.25) is 11.8 Å². The molecule has 3 heterocycles. The fraction of sp³-hybridized carbons (Fsp3) is 0.559. The van der Waals surface area contributed by atoms with Crippen LogP contribution in [-0.4, -0.2) is 75.7 Å². The van der Waals surface area contributed by atoms with Crippen LogP contribution >= 0.6 is 11.6 Å². The third-order valence-electron chi connectivity index (χ3n) is 9.31. The first-order chi connectivity index (χ1) is 23.5. The van der Waals surface area contributed by atoms with Gasteiger partial charge in [0.15, 0.2) is 0 Å². The van der Waals surface area contributed by atoms with Gasteiger partial charge in [0.05, 0.1) is 10.6 Å². The Kier molecular flexibility index (Phi) is 12.2. The van der Waals surface area contributed by atoms with Gasteiger partial charge in [0, 0.05) is 55.7 Å². The van der Waals surface area contributed by atoms with E-state index in [1.165, 1.54) is 38.4 Å². The second-order valence-electron chi connectivity index (χ2n) is 12.8. The highest BCUT2D eigenvalue weighted by molar-refractivity contribution is 6.32. The molecule has 1 saturated heterocycles. The zero-order valence-electron chi connectivity index (χ0n) is 27.2. The molecule has 2 saturated carbocycles. The van der Waals surface area contributed by atoms with Crippen molar-refractivity contribution in [2.75, 3.05) is 30.3 Å². The van der Waals surface area contributed by atoms with Crippen molar-refractivity contribution in [3.05, 3.63) is 40.7 Å². The predicted octanol–water partition coefficient (Wildman–Crippen LogP) is 6.71. The fourth-order valence-electron chi connectivity index (χ4n) is 6.65. The van der Waals surface area contributed by atoms with Crippen molar-refractivity contribution in [3.63, 3.8) is 0 Å². The van der Waals surface area contributed by atoms with Gasteiger partial charge in [-0.2, -0.15) is 13.2 Å². The predicted molar refractivity (Wildman–Crippen MR) is 179 cm³/mol. The highest BCUT2D eigenvalue weighted by Gasteiger charge is 2.38. The summed E-state index contributed by atoms with van der Waals surface area (Å²) >= 11 is 6.67. The molecular formula is C34H42ClF3N6O5. The molecule has 2 amide bonds. The standard InChI is InChI=1S/C32H41ClN6O3.C2HF3O2/c33-27-19-24(10-11-28(27)42-25-13-16-39(17-14-25)32(41)21-6-4-5-7-21)37-30-26-18-22(12-15-34-29(26)35-20-36-30)31(40)38-23-8-2-1-3-9-23;3-2(4,5)1(6)7/h10-11,18-21,23,25H,1-9,12-17H2,(H,38,40)(H2,34,35,36,37);(H,6,7). The van der Waals surface area contributed by atoms with Crippen LogP contribution in [0.25, 0.3) is 6.08 Å². The number of rotatable bonds is 7. The maximum atomic E-state index is 13.1. The van der Waals surface area contributed by atoms with Crippen LogP contribution in [0.2, 0.25) is 5.02 Å². The molecule has 4 aliphatic rings. The van der Waals surface area contributed by atoms with E-state index in [9.17, 15) is 22.8 Å². The zero-order chi connectivity index (χ0) is 35.0. The Labute approximate surface area is 288 Å². The van der Waals surface area contributed by atoms with Gasteiger partial charge in [-0.05, 0) is 56.4 Å². The van der Waals surface area contributed by atoms with Gasteiger partial charge in [0.1, 0.15) is 29.8 Å². The molecule has 2 aromatic rings. The lowest BCUT2D eigenvalue weighted by Gasteiger charge is -2.33. The van der Waals surface area contributed by atoms with Crippen LogP contribution in [0.1, 0.15) is 82.6 Å². The van der Waals surface area contributed by atoms with E-state index in [-0.39, 0.29) is 24.0 Å². The van der Waals surface area contributed by atoms with Crippen molar-refractivity contribution >= 4 is 52.8 Å². The van der Waals surface area contributed by atoms with Crippen LogP contribution in [0.15, 0.2) is 30.1 Å². The number of likely N-dealkylation sites (tertiary alicyclic amines) is 1. The van der Waals surface area contributed by atoms with E-state index in [0.717, 1.165) is 68.4 Å². The number of piperidine rings is 1. The number of aliphatic carboxylic acids is 1. The van der Waals surface area contributed by atoms with E-state index >= 15 is 0 Å². The number of anilines is 3. The molecule has 11 nitrogen and oxygen atoms in total. The normalized spacial score (nSPS) is 18.9. The fourth-order valence-corrected chi connectivity index (χ4v) is 6.88. The molecule has 2 aliphatic heterocycles. The lowest BCUT2D eigenvalue weighted by atomic mass is 9.95. The number of nitrogens with one attached hydrogen (secondary N) is 3. The molecule has 0 radical (unpaired) electrons. The number of carboxylic acid groups (broad SMARTS) is 1. The molecule has 266 valence electrons. The van der Waals surface area contributed by atoms with Crippen molar-refractivity contribution in [2.24, 2.45) is 5.92 Å². The van der Waals surface area contributed by atoms with Crippen LogP contribution < -0.4 is 20.7 Å². The number of carboxylic acids is 1. The van der Waals surface area contributed by atoms with Gasteiger partial charge < -0.3 is 30.7 Å². The van der Waals surface area contributed by atoms with E-state index in [1.807, 2.05) is 29.2 Å². The number of ether oxygens (including phenoxy) is 1. The minimum atomic E-state index is -5.08. The minimum Gasteiger partial charge on any atom is -0.489 e. The van der Waals surface area contributed by atoms with Crippen LogP contribution in [0.4, 0.5) is 30.5 Å². The topological polar surface area (TPSA) is 146 Å². The van der Waals surface area contributed by atoms with Gasteiger partial charge in [-0.25, -0.2) is 14.8 Å². The van der Waals surface area contributed by atoms with Crippen molar-refractivity contribution in [3.8, 4) is 5.75 Å². The largest absolute Gasteiger partial charge is 0.490 e. The summed E-state index contributed by atoms with van der Waals surface area (Å²) in [7, 11) is 0. The maximum absolute atomic E-state index is 13.1. The molecule has 4 N–H and O–H groups in total. The minimum absolute atomic E-state index is 0.00960. The van der Waals surface area contributed by atoms with Crippen molar-refractivity contribution < 1.29 is 37.4 Å². The third-order valence-corrected chi connectivity index (χ3v) is 9.61. The number of carbonyl (C=O) groups is 3. The van der Waals surface area contributed by atoms with E-state index in [1.54, 1.807) is 0 Å². The molecule has 0 atom stereocenters. The average Bonchev–Trinajstić information content (AvgIpc) is 3.53. The molecule has 0 spiro atoms. The highest BCUT2D eigenvalue weighted by atomic mass is 35.5. The number of halogens is 4. The molecular weight excluding hydrogens is 665 g/mol. The number of aromatic nitrogens is 2. The van der Waals surface area contributed by atoms with Crippen molar-refractivity contribution in [1.82, 2.24) is 20.2 Å². The summed E-state index contributed by atoms with van der Waals surface area (Å²) in [6, 6.07) is 5.87. The van der Waals surface area contributed by atoms with Crippen molar-refractivity contribution in [2.45, 2.75) is 95.4 Å². The Morgan fingerprint density at radius 2 is 1.65 bits per heavy atom. The quantitative estimate of drug-likeness (QED) is 0.247. The Morgan fingerprint density at radius 1 is 0.980 bits per heavy atom. The van der Waals surface area contributed by atoms with Gasteiger partial charge in [-0.15, -0.1) is 0 Å². The van der Waals surface area contributed by atoms with Crippen LogP contribution in [0, 0.1) is 5.92 Å². The number of carbonyl (C=O) groups excluding carboxylic acids is 2. The van der Waals surface area contributed by atoms with E-state index in [0.29, 0.717) is 41.3 Å². The van der Waals surface area contributed by atoms with E-state index < -0.39 is 12.1 Å². The first-order valence-corrected chi connectivity index (χ1v) is 17.3. The molecule has 1 aromatic carbocycles. The van der Waals surface area contributed by atoms with Gasteiger partial charge in [-0.1, -0.05) is 43.7 Å². The molecule has 0 bridgehead atoms. The number of benzene rings is 1. The number of hydrogen-bond donors (Lipinski definition) is 4. The molecule has 15 heteroatoms. The van der Waals surface area contributed by atoms with Gasteiger partial charge in [0.25, 0.3) is 0 Å². The summed E-state index contributed by atoms with van der Waals surface area (Å²) in [6.07, 6.45) is 10.7. The van der Waals surface area contributed by atoms with Crippen molar-refractivity contribution in [1.29, 1.82) is 0 Å². The molecule has 1 aromatic heterocycles. The van der Waals surface area contributed by atoms with Gasteiger partial charge in [-0.3, -0.25) is 9.59 Å². The van der Waals surface area contributed by atoms with Crippen LogP contribution in [0.5, 0.6) is 5.75 Å². The smallest absolute Gasteiger partial charge is 0.489 e. The summed E-state index contributed by atoms with van der Waals surface area (Å²) in [5, 5.41) is 17.6. The monoisotopic (exact) mass is 706 g/mol. The lowest BCUT2D eigenvalue weighted by Crippen LogP contribution is -2.44. The Balaban J connectivity index is 0.000000606. The average molecular weight is 707 g/mol. The summed E-state index contributed by atoms with van der Waals surface area (Å²) in [4.78, 5) is 45.7. The molecule has 3 fully saturated rings. The lowest BCUT2D eigenvalue weighted by molar-refractivity contribution is -0.192. The summed E-state index contributed by atoms with van der Waals surface area (Å²) in [5.74, 6) is -0.301.